The van der Waals surface area contributed by atoms with Crippen LogP contribution in [0.1, 0.15) is 30.8 Å². The highest BCUT2D eigenvalue weighted by Crippen LogP contribution is 2.21. The molecule has 1 unspecified atom stereocenters. The van der Waals surface area contributed by atoms with E-state index in [2.05, 4.69) is 9.88 Å². The summed E-state index contributed by atoms with van der Waals surface area (Å²) in [4.78, 5) is 0.0724. The number of hydrogen-bond donors (Lipinski definition) is 2. The lowest BCUT2D eigenvalue weighted by atomic mass is 10.1. The van der Waals surface area contributed by atoms with E-state index in [-0.39, 0.29) is 10.7 Å². The Kier molecular flexibility index (Phi) is 4.10. The van der Waals surface area contributed by atoms with Gasteiger partial charge in [0.1, 0.15) is 5.76 Å². The van der Waals surface area contributed by atoms with Crippen LogP contribution >= 0.6 is 0 Å². The summed E-state index contributed by atoms with van der Waals surface area (Å²) in [5.74, 6) is 0.641. The number of nitrogens with one attached hydrogen (secondary N) is 1. The van der Waals surface area contributed by atoms with Gasteiger partial charge in [-0.3, -0.25) is 4.72 Å². The first-order chi connectivity index (χ1) is 9.42. The van der Waals surface area contributed by atoms with Crippen molar-refractivity contribution in [3.8, 4) is 0 Å². The Balaban J connectivity index is 2.29. The number of benzene rings is 1. The number of nitrogens with zero attached hydrogens (tertiary/aromatic N) is 1. The molecule has 0 bridgehead atoms. The number of aliphatic hydroxyl groups excluding tert-OH is 1. The molecule has 0 aliphatic heterocycles. The fraction of sp³-hybridized carbons (Fsp3) is 0.308. The number of aliphatic hydroxyl groups is 1. The number of rotatable bonds is 5. The van der Waals surface area contributed by atoms with Gasteiger partial charge in [0.05, 0.1) is 11.0 Å². The highest BCUT2D eigenvalue weighted by Gasteiger charge is 2.17. The predicted molar refractivity (Wildman–Crippen MR) is 73.7 cm³/mol. The topological polar surface area (TPSA) is 92.4 Å². The summed E-state index contributed by atoms with van der Waals surface area (Å²) >= 11 is 0. The zero-order valence-corrected chi connectivity index (χ0v) is 12.0. The minimum Gasteiger partial charge on any atom is -0.388 e. The lowest BCUT2D eigenvalue weighted by Crippen LogP contribution is -2.13. The third kappa shape index (κ3) is 3.17. The van der Waals surface area contributed by atoms with E-state index in [1.165, 1.54) is 18.2 Å². The van der Waals surface area contributed by atoms with Gasteiger partial charge in [-0.2, -0.15) is 0 Å². The Morgan fingerprint density at radius 2 is 2.15 bits per heavy atom. The van der Waals surface area contributed by atoms with Crippen LogP contribution in [-0.4, -0.2) is 18.7 Å². The van der Waals surface area contributed by atoms with E-state index in [1.54, 1.807) is 19.1 Å². The van der Waals surface area contributed by atoms with Crippen LogP contribution in [-0.2, 0) is 10.0 Å². The van der Waals surface area contributed by atoms with E-state index in [0.29, 0.717) is 17.7 Å². The predicted octanol–water partition coefficient (Wildman–Crippen LogP) is 2.23. The molecule has 108 valence electrons. The number of sulfonamides is 1. The third-order valence-electron chi connectivity index (χ3n) is 2.81. The van der Waals surface area contributed by atoms with E-state index in [9.17, 15) is 13.5 Å². The van der Waals surface area contributed by atoms with E-state index >= 15 is 0 Å². The van der Waals surface area contributed by atoms with Crippen molar-refractivity contribution < 1.29 is 18.0 Å². The molecule has 0 fully saturated rings. The van der Waals surface area contributed by atoms with Crippen molar-refractivity contribution in [1.82, 2.24) is 5.16 Å². The van der Waals surface area contributed by atoms with Crippen molar-refractivity contribution in [3.63, 3.8) is 0 Å². The lowest BCUT2D eigenvalue weighted by Gasteiger charge is -2.10. The Bertz CT molecular complexity index is 694. The van der Waals surface area contributed by atoms with Crippen LogP contribution in [0.3, 0.4) is 0 Å². The maximum atomic E-state index is 12.2. The normalized spacial score (nSPS) is 13.2. The van der Waals surface area contributed by atoms with Gasteiger partial charge in [-0.25, -0.2) is 8.42 Å². The standard InChI is InChI=1S/C13H16N2O4S/c1-3-12(16)10-5-4-6-11(8-10)20(17,18)15-13-7-9(2)19-14-13/h4-8,12,16H,3H2,1-2H3,(H,14,15). The van der Waals surface area contributed by atoms with Crippen LogP contribution in [0, 0.1) is 6.92 Å². The van der Waals surface area contributed by atoms with Crippen LogP contribution in [0.4, 0.5) is 5.82 Å². The van der Waals surface area contributed by atoms with E-state index in [4.69, 9.17) is 4.52 Å². The summed E-state index contributed by atoms with van der Waals surface area (Å²) in [6, 6.07) is 7.68. The summed E-state index contributed by atoms with van der Waals surface area (Å²) in [7, 11) is -3.75. The van der Waals surface area contributed by atoms with Gasteiger partial charge in [0.15, 0.2) is 5.82 Å². The number of anilines is 1. The van der Waals surface area contributed by atoms with Crippen molar-refractivity contribution in [2.24, 2.45) is 0 Å². The molecule has 0 saturated heterocycles. The first-order valence-electron chi connectivity index (χ1n) is 6.16. The third-order valence-corrected chi connectivity index (χ3v) is 4.16. The van der Waals surface area contributed by atoms with Crippen LogP contribution in [0.25, 0.3) is 0 Å². The van der Waals surface area contributed by atoms with Gasteiger partial charge in [0.25, 0.3) is 10.0 Å². The minimum atomic E-state index is -3.75. The van der Waals surface area contributed by atoms with E-state index in [0.717, 1.165) is 0 Å². The smallest absolute Gasteiger partial charge is 0.263 e. The highest BCUT2D eigenvalue weighted by atomic mass is 32.2. The van der Waals surface area contributed by atoms with Gasteiger partial charge >= 0.3 is 0 Å². The van der Waals surface area contributed by atoms with Gasteiger partial charge in [-0.15, -0.1) is 0 Å². The van der Waals surface area contributed by atoms with Gasteiger partial charge in [-0.1, -0.05) is 24.2 Å². The lowest BCUT2D eigenvalue weighted by molar-refractivity contribution is 0.173. The monoisotopic (exact) mass is 296 g/mol. The van der Waals surface area contributed by atoms with Crippen molar-refractivity contribution in [1.29, 1.82) is 0 Å². The maximum absolute atomic E-state index is 12.2. The molecule has 0 saturated carbocycles. The van der Waals surface area contributed by atoms with Crippen molar-refractivity contribution in [2.45, 2.75) is 31.3 Å². The summed E-state index contributed by atoms with van der Waals surface area (Å²) in [5.41, 5.74) is 0.562. The second-order valence-electron chi connectivity index (χ2n) is 4.42. The van der Waals surface area contributed by atoms with Crippen molar-refractivity contribution in [3.05, 3.63) is 41.7 Å². The molecule has 1 heterocycles. The number of aryl methyl sites for hydroxylation is 1. The summed E-state index contributed by atoms with van der Waals surface area (Å²) in [6.45, 7) is 3.49. The average molecular weight is 296 g/mol. The minimum absolute atomic E-state index is 0.0724. The average Bonchev–Trinajstić information content (AvgIpc) is 2.82. The molecule has 1 atom stereocenters. The summed E-state index contributed by atoms with van der Waals surface area (Å²) in [6.07, 6.45) is -0.168. The Labute approximate surface area is 117 Å². The molecule has 1 aromatic heterocycles. The molecule has 2 aromatic rings. The Hall–Kier alpha value is -1.86. The summed E-state index contributed by atoms with van der Waals surface area (Å²) in [5, 5.41) is 13.4. The Morgan fingerprint density at radius 1 is 1.40 bits per heavy atom. The fourth-order valence-corrected chi connectivity index (χ4v) is 2.77. The number of aromatic nitrogens is 1. The molecular weight excluding hydrogens is 280 g/mol. The molecular formula is C13H16N2O4S. The molecule has 2 N–H and O–H groups in total. The van der Waals surface area contributed by atoms with Crippen LogP contribution in [0.5, 0.6) is 0 Å². The molecule has 1 aromatic carbocycles. The first kappa shape index (κ1) is 14.5. The first-order valence-corrected chi connectivity index (χ1v) is 7.65. The quantitative estimate of drug-likeness (QED) is 0.882. The SMILES string of the molecule is CCC(O)c1cccc(S(=O)(=O)Nc2cc(C)on2)c1. The second kappa shape index (κ2) is 5.64. The Morgan fingerprint density at radius 3 is 2.75 bits per heavy atom. The molecule has 7 heteroatoms. The van der Waals surface area contributed by atoms with E-state index in [1.807, 2.05) is 6.92 Å². The van der Waals surface area contributed by atoms with Crippen LogP contribution < -0.4 is 4.72 Å². The molecule has 0 radical (unpaired) electrons. The van der Waals surface area contributed by atoms with E-state index < -0.39 is 16.1 Å². The zero-order chi connectivity index (χ0) is 14.8. The molecule has 20 heavy (non-hydrogen) atoms. The molecule has 0 spiro atoms. The largest absolute Gasteiger partial charge is 0.388 e. The van der Waals surface area contributed by atoms with Crippen LogP contribution in [0.2, 0.25) is 0 Å². The van der Waals surface area contributed by atoms with Crippen molar-refractivity contribution in [2.75, 3.05) is 4.72 Å². The maximum Gasteiger partial charge on any atom is 0.263 e. The molecule has 6 nitrogen and oxygen atoms in total. The molecule has 0 amide bonds. The second-order valence-corrected chi connectivity index (χ2v) is 6.11. The van der Waals surface area contributed by atoms with Gasteiger partial charge in [0.2, 0.25) is 0 Å². The molecule has 0 aliphatic carbocycles. The number of hydrogen-bond acceptors (Lipinski definition) is 5. The van der Waals surface area contributed by atoms with Gasteiger partial charge in [-0.05, 0) is 31.0 Å². The van der Waals surface area contributed by atoms with Crippen molar-refractivity contribution >= 4 is 15.8 Å². The summed E-state index contributed by atoms with van der Waals surface area (Å²) < 4.78 is 31.5. The zero-order valence-electron chi connectivity index (χ0n) is 11.2. The fourth-order valence-electron chi connectivity index (χ4n) is 1.74. The molecule has 2 rings (SSSR count). The highest BCUT2D eigenvalue weighted by molar-refractivity contribution is 7.92. The van der Waals surface area contributed by atoms with Crippen LogP contribution in [0.15, 0.2) is 39.8 Å². The van der Waals surface area contributed by atoms with Gasteiger partial charge < -0.3 is 9.63 Å². The molecule has 0 aliphatic rings. The van der Waals surface area contributed by atoms with Gasteiger partial charge in [0, 0.05) is 6.07 Å².